The molecule has 6 nitrogen and oxygen atoms in total. The van der Waals surface area contributed by atoms with E-state index in [0.29, 0.717) is 9.50 Å². The van der Waals surface area contributed by atoms with Gasteiger partial charge in [0, 0.05) is 16.9 Å². The zero-order chi connectivity index (χ0) is 18.7. The molecule has 0 radical (unpaired) electrons. The maximum atomic E-state index is 14.4. The molecule has 0 saturated heterocycles. The van der Waals surface area contributed by atoms with Crippen molar-refractivity contribution in [2.75, 3.05) is 6.26 Å². The highest BCUT2D eigenvalue weighted by Gasteiger charge is 2.40. The Kier molecular flexibility index (Phi) is 5.90. The van der Waals surface area contributed by atoms with E-state index in [9.17, 15) is 13.9 Å². The summed E-state index contributed by atoms with van der Waals surface area (Å²) in [4.78, 5) is 8.19. The van der Waals surface area contributed by atoms with Gasteiger partial charge in [-0.15, -0.1) is 0 Å². The molecule has 0 spiro atoms. The number of halogens is 2. The van der Waals surface area contributed by atoms with Gasteiger partial charge in [0.15, 0.2) is 4.34 Å². The van der Waals surface area contributed by atoms with Gasteiger partial charge >= 0.3 is 0 Å². The lowest BCUT2D eigenvalue weighted by Gasteiger charge is -2.33. The lowest BCUT2D eigenvalue weighted by Crippen LogP contribution is -2.41. The Morgan fingerprint density at radius 1 is 1.38 bits per heavy atom. The van der Waals surface area contributed by atoms with E-state index < -0.39 is 22.5 Å². The van der Waals surface area contributed by atoms with Crippen LogP contribution in [0.3, 0.4) is 0 Å². The van der Waals surface area contributed by atoms with Crippen molar-refractivity contribution in [1.82, 2.24) is 24.1 Å². The number of rotatable bonds is 7. The Hall–Kier alpha value is -1.56. The highest BCUT2D eigenvalue weighted by molar-refractivity contribution is 8.01. The number of nitrogens with zero attached hydrogens (tertiary/aromatic N) is 5. The highest BCUT2D eigenvalue weighted by atomic mass is 32.2. The first-order valence-electron chi connectivity index (χ1n) is 7.47. The first kappa shape index (κ1) is 19.2. The average molecular weight is 416 g/mol. The van der Waals surface area contributed by atoms with Gasteiger partial charge in [0.2, 0.25) is 5.16 Å². The predicted molar refractivity (Wildman–Crippen MR) is 97.3 cm³/mol. The number of benzene rings is 1. The molecule has 0 amide bonds. The summed E-state index contributed by atoms with van der Waals surface area (Å²) in [7, 11) is 0. The second-order valence-corrected chi connectivity index (χ2v) is 8.56. The molecule has 3 aromatic rings. The molecule has 0 fully saturated rings. The van der Waals surface area contributed by atoms with Crippen molar-refractivity contribution < 1.29 is 13.9 Å². The zero-order valence-corrected chi connectivity index (χ0v) is 16.3. The maximum absolute atomic E-state index is 14.4. The molecule has 11 heteroatoms. The third-order valence-electron chi connectivity index (χ3n) is 3.79. The molecule has 0 aliphatic heterocycles. The molecule has 1 N–H and O–H groups in total. The summed E-state index contributed by atoms with van der Waals surface area (Å²) in [6, 6.07) is 3.14. The van der Waals surface area contributed by atoms with Crippen molar-refractivity contribution in [2.24, 2.45) is 0 Å². The van der Waals surface area contributed by atoms with Crippen molar-refractivity contribution >= 4 is 35.1 Å². The second-order valence-electron chi connectivity index (χ2n) is 5.45. The number of hydrogen-bond donors (Lipinski definition) is 1. The van der Waals surface area contributed by atoms with Crippen molar-refractivity contribution in [3.63, 3.8) is 0 Å². The largest absolute Gasteiger partial charge is 0.382 e. The van der Waals surface area contributed by atoms with Gasteiger partial charge in [-0.25, -0.2) is 23.4 Å². The second kappa shape index (κ2) is 7.99. The van der Waals surface area contributed by atoms with Gasteiger partial charge in [0.05, 0.1) is 6.54 Å². The van der Waals surface area contributed by atoms with E-state index in [1.54, 1.807) is 6.92 Å². The van der Waals surface area contributed by atoms with Gasteiger partial charge in [-0.05, 0) is 30.8 Å². The molecule has 1 aromatic carbocycles. The van der Waals surface area contributed by atoms with Gasteiger partial charge < -0.3 is 5.11 Å². The van der Waals surface area contributed by atoms with Crippen LogP contribution in [0.4, 0.5) is 8.78 Å². The first-order chi connectivity index (χ1) is 12.4. The third kappa shape index (κ3) is 4.05. The summed E-state index contributed by atoms with van der Waals surface area (Å²) in [5.41, 5.74) is -1.68. The molecule has 3 rings (SSSR count). The molecule has 26 heavy (non-hydrogen) atoms. The molecule has 2 aromatic heterocycles. The van der Waals surface area contributed by atoms with Crippen LogP contribution in [-0.2, 0) is 12.1 Å². The topological polar surface area (TPSA) is 76.7 Å². The van der Waals surface area contributed by atoms with Gasteiger partial charge in [-0.3, -0.25) is 0 Å². The minimum atomic E-state index is -1.67. The van der Waals surface area contributed by atoms with Crippen LogP contribution in [-0.4, -0.2) is 40.7 Å². The van der Waals surface area contributed by atoms with Gasteiger partial charge in [-0.1, -0.05) is 29.6 Å². The SMILES string of the molecule is CSc1nsc(S[C@H](C)[C@](O)(Cn2cncn2)c2ccc(F)cc2F)n1. The average Bonchev–Trinajstić information content (AvgIpc) is 3.26. The van der Waals surface area contributed by atoms with Crippen molar-refractivity contribution in [1.29, 1.82) is 0 Å². The van der Waals surface area contributed by atoms with Crippen LogP contribution in [0.2, 0.25) is 0 Å². The molecule has 0 aliphatic carbocycles. The number of aliphatic hydroxyl groups is 1. The van der Waals surface area contributed by atoms with E-state index in [4.69, 9.17) is 0 Å². The smallest absolute Gasteiger partial charge is 0.200 e. The van der Waals surface area contributed by atoms with Crippen molar-refractivity contribution in [3.8, 4) is 0 Å². The fraction of sp³-hybridized carbons (Fsp3) is 0.333. The summed E-state index contributed by atoms with van der Waals surface area (Å²) < 4.78 is 34.0. The van der Waals surface area contributed by atoms with Gasteiger partial charge in [0.1, 0.15) is 29.9 Å². The van der Waals surface area contributed by atoms with Crippen LogP contribution < -0.4 is 0 Å². The minimum absolute atomic E-state index is 0.0102. The molecule has 0 unspecified atom stereocenters. The lowest BCUT2D eigenvalue weighted by molar-refractivity contribution is 0.0133. The van der Waals surface area contributed by atoms with Crippen LogP contribution in [0, 0.1) is 11.6 Å². The number of hydrogen-bond acceptors (Lipinski definition) is 8. The summed E-state index contributed by atoms with van der Waals surface area (Å²) in [5.74, 6) is -1.52. The van der Waals surface area contributed by atoms with E-state index in [2.05, 4.69) is 19.4 Å². The molecule has 138 valence electrons. The van der Waals surface area contributed by atoms with Crippen LogP contribution in [0.25, 0.3) is 0 Å². The van der Waals surface area contributed by atoms with Crippen LogP contribution in [0.1, 0.15) is 12.5 Å². The molecule has 0 bridgehead atoms. The zero-order valence-electron chi connectivity index (χ0n) is 13.8. The molecule has 0 aliphatic rings. The fourth-order valence-corrected chi connectivity index (χ4v) is 5.00. The number of thioether (sulfide) groups is 2. The van der Waals surface area contributed by atoms with Crippen LogP contribution >= 0.6 is 35.1 Å². The molecule has 0 saturated carbocycles. The highest BCUT2D eigenvalue weighted by Crippen LogP contribution is 2.40. The maximum Gasteiger partial charge on any atom is 0.200 e. The lowest BCUT2D eigenvalue weighted by atomic mass is 9.90. The Labute approximate surface area is 161 Å². The normalized spacial score (nSPS) is 15.0. The Morgan fingerprint density at radius 3 is 2.81 bits per heavy atom. The Morgan fingerprint density at radius 2 is 2.19 bits per heavy atom. The molecule has 2 heterocycles. The predicted octanol–water partition coefficient (Wildman–Crippen LogP) is 3.20. The van der Waals surface area contributed by atoms with E-state index in [-0.39, 0.29) is 12.1 Å². The summed E-state index contributed by atoms with van der Waals surface area (Å²) in [5, 5.41) is 15.5. The Balaban J connectivity index is 1.95. The summed E-state index contributed by atoms with van der Waals surface area (Å²) in [6.45, 7) is 1.71. The van der Waals surface area contributed by atoms with Gasteiger partial charge in [0.25, 0.3) is 0 Å². The van der Waals surface area contributed by atoms with Crippen molar-refractivity contribution in [3.05, 3.63) is 48.1 Å². The van der Waals surface area contributed by atoms with E-state index in [1.165, 1.54) is 58.5 Å². The van der Waals surface area contributed by atoms with E-state index in [1.807, 2.05) is 6.26 Å². The van der Waals surface area contributed by atoms with Crippen LogP contribution in [0.5, 0.6) is 0 Å². The van der Waals surface area contributed by atoms with Crippen LogP contribution in [0.15, 0.2) is 40.3 Å². The summed E-state index contributed by atoms with van der Waals surface area (Å²) in [6.07, 6.45) is 4.63. The van der Waals surface area contributed by atoms with E-state index >= 15 is 0 Å². The van der Waals surface area contributed by atoms with Gasteiger partial charge in [-0.2, -0.15) is 9.47 Å². The fourth-order valence-electron chi connectivity index (χ4n) is 2.41. The summed E-state index contributed by atoms with van der Waals surface area (Å²) >= 11 is 3.90. The standard InChI is InChI=1S/C15H15F2N5OS3/c1-9(25-14-20-13(24-2)21-26-14)15(23,6-22-8-18-7-19-22)11-4-3-10(16)5-12(11)17/h3-5,7-9,23H,6H2,1-2H3/t9-,15-/m1/s1. The molecule has 2 atom stereocenters. The third-order valence-corrected chi connectivity index (χ3v) is 6.51. The molecular formula is C15H15F2N5OS3. The quantitative estimate of drug-likeness (QED) is 0.594. The van der Waals surface area contributed by atoms with E-state index in [0.717, 1.165) is 12.1 Å². The van der Waals surface area contributed by atoms with Crippen molar-refractivity contribution in [2.45, 2.75) is 33.8 Å². The monoisotopic (exact) mass is 415 g/mol. The first-order valence-corrected chi connectivity index (χ1v) is 10.3. The number of aromatic nitrogens is 5. The Bertz CT molecular complexity index is 876. The minimum Gasteiger partial charge on any atom is -0.382 e. The molecular weight excluding hydrogens is 400 g/mol.